The second-order valence-electron chi connectivity index (χ2n) is 7.95. The Kier molecular flexibility index (Phi) is 4.28. The number of thioether (sulfide) groups is 1. The van der Waals surface area contributed by atoms with Gasteiger partial charge in [0.1, 0.15) is 6.04 Å². The third-order valence-corrected chi connectivity index (χ3v) is 7.32. The Morgan fingerprint density at radius 2 is 1.34 bits per heavy atom. The highest BCUT2D eigenvalue weighted by Crippen LogP contribution is 2.61. The van der Waals surface area contributed by atoms with Gasteiger partial charge in [0.15, 0.2) is 0 Å². The number of benzene rings is 2. The third kappa shape index (κ3) is 2.45. The summed E-state index contributed by atoms with van der Waals surface area (Å²) < 4.78 is 0. The summed E-state index contributed by atoms with van der Waals surface area (Å²) in [5.41, 5.74) is 4.38. The number of aliphatic carboxylic acids is 1. The number of hydrogen-bond donors (Lipinski definition) is 1. The van der Waals surface area contributed by atoms with Crippen LogP contribution in [-0.2, 0) is 14.4 Å². The van der Waals surface area contributed by atoms with Gasteiger partial charge >= 0.3 is 5.97 Å². The van der Waals surface area contributed by atoms with Crippen molar-refractivity contribution < 1.29 is 19.5 Å². The second kappa shape index (κ2) is 6.73. The van der Waals surface area contributed by atoms with Gasteiger partial charge in [-0.15, -0.1) is 0 Å². The third-order valence-electron chi connectivity index (χ3n) is 6.67. The molecule has 1 fully saturated rings. The number of carbonyl (C=O) groups is 3. The molecule has 1 aliphatic heterocycles. The molecule has 0 radical (unpaired) electrons. The minimum absolute atomic E-state index is 0.200. The lowest BCUT2D eigenvalue weighted by molar-refractivity contribution is -0.155. The number of nitrogens with zero attached hydrogens (tertiary/aromatic N) is 1. The molecular formula is C23H21NO4S. The number of carbonyl (C=O) groups excluding carboxylic acids is 2. The van der Waals surface area contributed by atoms with Crippen LogP contribution in [0.2, 0.25) is 0 Å². The van der Waals surface area contributed by atoms with Gasteiger partial charge in [-0.1, -0.05) is 48.5 Å². The molecule has 0 saturated carbocycles. The fourth-order valence-electron chi connectivity index (χ4n) is 5.60. The lowest BCUT2D eigenvalue weighted by Gasteiger charge is -2.45. The number of hydrogen-bond acceptors (Lipinski definition) is 4. The molecule has 6 heteroatoms. The van der Waals surface area contributed by atoms with Crippen molar-refractivity contribution in [1.82, 2.24) is 4.90 Å². The second-order valence-corrected chi connectivity index (χ2v) is 8.93. The van der Waals surface area contributed by atoms with Gasteiger partial charge in [-0.05, 0) is 40.7 Å². The molecular weight excluding hydrogens is 386 g/mol. The highest BCUT2D eigenvalue weighted by atomic mass is 32.2. The van der Waals surface area contributed by atoms with Crippen LogP contribution in [0.25, 0.3) is 0 Å². The summed E-state index contributed by atoms with van der Waals surface area (Å²) in [6.07, 6.45) is 2.16. The van der Waals surface area contributed by atoms with Crippen LogP contribution in [0.4, 0.5) is 0 Å². The Morgan fingerprint density at radius 3 is 1.69 bits per heavy atom. The lowest BCUT2D eigenvalue weighted by Crippen LogP contribution is -2.46. The molecule has 3 aliphatic carbocycles. The van der Waals surface area contributed by atoms with E-state index in [4.69, 9.17) is 0 Å². The van der Waals surface area contributed by atoms with Crippen molar-refractivity contribution in [2.75, 3.05) is 12.0 Å². The first-order chi connectivity index (χ1) is 14.1. The molecule has 1 saturated heterocycles. The maximum Gasteiger partial charge on any atom is 0.326 e. The van der Waals surface area contributed by atoms with Gasteiger partial charge in [0.2, 0.25) is 11.8 Å². The molecule has 2 amide bonds. The minimum atomic E-state index is -1.11. The first-order valence-electron chi connectivity index (χ1n) is 9.82. The molecule has 1 N–H and O–H groups in total. The van der Waals surface area contributed by atoms with E-state index in [-0.39, 0.29) is 30.1 Å². The van der Waals surface area contributed by atoms with Gasteiger partial charge in [-0.25, -0.2) is 4.79 Å². The Balaban J connectivity index is 1.65. The van der Waals surface area contributed by atoms with E-state index in [1.807, 2.05) is 54.8 Å². The Bertz CT molecular complexity index is 920. The number of imide groups is 1. The molecule has 148 valence electrons. The zero-order chi connectivity index (χ0) is 20.3. The van der Waals surface area contributed by atoms with E-state index in [1.165, 1.54) is 11.8 Å². The van der Waals surface area contributed by atoms with Gasteiger partial charge in [0.05, 0.1) is 11.8 Å². The van der Waals surface area contributed by atoms with Gasteiger partial charge in [-0.3, -0.25) is 14.5 Å². The van der Waals surface area contributed by atoms with Gasteiger partial charge in [0.25, 0.3) is 0 Å². The lowest BCUT2D eigenvalue weighted by atomic mass is 9.55. The predicted molar refractivity (Wildman–Crippen MR) is 110 cm³/mol. The van der Waals surface area contributed by atoms with Crippen LogP contribution in [0.1, 0.15) is 40.5 Å². The summed E-state index contributed by atoms with van der Waals surface area (Å²) in [6, 6.07) is 14.9. The molecule has 29 heavy (non-hydrogen) atoms. The number of amides is 2. The molecule has 3 atom stereocenters. The molecule has 6 rings (SSSR count). The molecule has 1 heterocycles. The summed E-state index contributed by atoms with van der Waals surface area (Å²) in [4.78, 5) is 40.0. The number of rotatable bonds is 5. The fraction of sp³-hybridized carbons (Fsp3) is 0.348. The number of likely N-dealkylation sites (tertiary alicyclic amines) is 1. The van der Waals surface area contributed by atoms with Crippen LogP contribution in [0, 0.1) is 11.8 Å². The largest absolute Gasteiger partial charge is 0.480 e. The van der Waals surface area contributed by atoms with E-state index in [9.17, 15) is 19.5 Å². The van der Waals surface area contributed by atoms with E-state index in [2.05, 4.69) is 0 Å². The van der Waals surface area contributed by atoms with E-state index in [0.29, 0.717) is 5.75 Å². The molecule has 2 aromatic rings. The molecule has 2 aromatic carbocycles. The first-order valence-corrected chi connectivity index (χ1v) is 11.2. The molecule has 0 unspecified atom stereocenters. The van der Waals surface area contributed by atoms with Crippen LogP contribution < -0.4 is 0 Å². The highest BCUT2D eigenvalue weighted by molar-refractivity contribution is 7.98. The normalized spacial score (nSPS) is 27.4. The van der Waals surface area contributed by atoms with Crippen LogP contribution in [0.15, 0.2) is 48.5 Å². The maximum absolute atomic E-state index is 13.5. The van der Waals surface area contributed by atoms with Gasteiger partial charge in [-0.2, -0.15) is 11.8 Å². The van der Waals surface area contributed by atoms with E-state index < -0.39 is 23.8 Å². The quantitative estimate of drug-likeness (QED) is 0.771. The molecule has 0 spiro atoms. The summed E-state index contributed by atoms with van der Waals surface area (Å²) >= 11 is 1.51. The fourth-order valence-corrected chi connectivity index (χ4v) is 6.06. The summed E-state index contributed by atoms with van der Waals surface area (Å²) in [5, 5.41) is 9.77. The van der Waals surface area contributed by atoms with E-state index in [0.717, 1.165) is 27.2 Å². The van der Waals surface area contributed by atoms with E-state index in [1.54, 1.807) is 0 Å². The Labute approximate surface area is 173 Å². The molecule has 2 bridgehead atoms. The van der Waals surface area contributed by atoms with E-state index >= 15 is 0 Å². The monoisotopic (exact) mass is 407 g/mol. The first kappa shape index (κ1) is 18.4. The summed E-state index contributed by atoms with van der Waals surface area (Å²) in [6.45, 7) is 0. The van der Waals surface area contributed by atoms with Crippen molar-refractivity contribution in [1.29, 1.82) is 0 Å². The van der Waals surface area contributed by atoms with Crippen LogP contribution in [0.3, 0.4) is 0 Å². The average Bonchev–Trinajstić information content (AvgIpc) is 3.00. The Morgan fingerprint density at radius 1 is 0.931 bits per heavy atom. The van der Waals surface area contributed by atoms with Crippen molar-refractivity contribution in [3.05, 3.63) is 70.8 Å². The van der Waals surface area contributed by atoms with Crippen LogP contribution >= 0.6 is 11.8 Å². The summed E-state index contributed by atoms with van der Waals surface area (Å²) in [7, 11) is 0. The highest BCUT2D eigenvalue weighted by Gasteiger charge is 2.62. The molecule has 0 aromatic heterocycles. The topological polar surface area (TPSA) is 74.7 Å². The number of carboxylic acid groups (broad SMARTS) is 1. The van der Waals surface area contributed by atoms with Crippen LogP contribution in [0.5, 0.6) is 0 Å². The van der Waals surface area contributed by atoms with Crippen molar-refractivity contribution in [2.45, 2.75) is 24.3 Å². The van der Waals surface area contributed by atoms with Crippen LogP contribution in [-0.4, -0.2) is 45.8 Å². The van der Waals surface area contributed by atoms with Crippen molar-refractivity contribution in [3.8, 4) is 0 Å². The SMILES string of the molecule is CSCC[C@H](C(=O)O)N1C(=O)[C@@H]2C3c4ccccc4C(c4ccccc43)[C@@H]2C1=O. The van der Waals surface area contributed by atoms with Gasteiger partial charge in [0, 0.05) is 11.8 Å². The van der Waals surface area contributed by atoms with Gasteiger partial charge < -0.3 is 5.11 Å². The van der Waals surface area contributed by atoms with Crippen molar-refractivity contribution in [3.63, 3.8) is 0 Å². The standard InChI is InChI=1S/C23H21NO4S/c1-29-11-10-16(23(27)28)24-21(25)19-17-12-6-2-3-7-13(12)18(20(19)22(24)26)15-9-5-4-8-14(15)17/h2-9,16-20H,10-11H2,1H3,(H,27,28)/t16-,17?,18?,19-,20+/m1/s1. The molecule has 4 aliphatic rings. The Hall–Kier alpha value is -2.60. The zero-order valence-corrected chi connectivity index (χ0v) is 16.8. The average molecular weight is 407 g/mol. The minimum Gasteiger partial charge on any atom is -0.480 e. The maximum atomic E-state index is 13.5. The van der Waals surface area contributed by atoms with Crippen molar-refractivity contribution >= 4 is 29.5 Å². The molecule has 5 nitrogen and oxygen atoms in total. The predicted octanol–water partition coefficient (Wildman–Crippen LogP) is 3.08. The summed E-state index contributed by atoms with van der Waals surface area (Å²) in [5.74, 6) is -2.62. The van der Waals surface area contributed by atoms with Crippen molar-refractivity contribution in [2.24, 2.45) is 11.8 Å². The zero-order valence-electron chi connectivity index (χ0n) is 15.9. The smallest absolute Gasteiger partial charge is 0.326 e. The number of carboxylic acids is 1.